The number of benzene rings is 1. The molecule has 1 heterocycles. The van der Waals surface area contributed by atoms with E-state index in [-0.39, 0.29) is 0 Å². The second-order valence-corrected chi connectivity index (χ2v) is 5.45. The van der Waals surface area contributed by atoms with Crippen molar-refractivity contribution in [1.82, 2.24) is 0 Å². The summed E-state index contributed by atoms with van der Waals surface area (Å²) in [6.45, 7) is 2.11. The number of ketones is 1. The quantitative estimate of drug-likeness (QED) is 0.689. The molecule has 1 aliphatic rings. The summed E-state index contributed by atoms with van der Waals surface area (Å²) in [6, 6.07) is 3.57. The summed E-state index contributed by atoms with van der Waals surface area (Å²) in [6.07, 6.45) is 1.08. The SMILES string of the molecule is CCCSc1cc2c(cc1Br)C(=O)C(=O)N2. The van der Waals surface area contributed by atoms with Crippen LogP contribution in [0.2, 0.25) is 0 Å². The highest BCUT2D eigenvalue weighted by atomic mass is 79.9. The predicted octanol–water partition coefficient (Wildman–Crippen LogP) is 3.09. The Morgan fingerprint density at radius 2 is 2.12 bits per heavy atom. The fourth-order valence-corrected chi connectivity index (χ4v) is 2.98. The van der Waals surface area contributed by atoms with Crippen molar-refractivity contribution in [3.63, 3.8) is 0 Å². The molecular weight excluding hydrogens is 290 g/mol. The van der Waals surface area contributed by atoms with Crippen molar-refractivity contribution >= 4 is 45.1 Å². The largest absolute Gasteiger partial charge is 0.318 e. The first kappa shape index (κ1) is 11.7. The van der Waals surface area contributed by atoms with Crippen molar-refractivity contribution in [2.24, 2.45) is 0 Å². The minimum absolute atomic E-state index is 0.456. The third kappa shape index (κ3) is 2.01. The smallest absolute Gasteiger partial charge is 0.296 e. The summed E-state index contributed by atoms with van der Waals surface area (Å²) >= 11 is 5.12. The van der Waals surface area contributed by atoms with Gasteiger partial charge in [0.2, 0.25) is 0 Å². The van der Waals surface area contributed by atoms with Gasteiger partial charge in [0.15, 0.2) is 0 Å². The van der Waals surface area contributed by atoms with Crippen molar-refractivity contribution in [2.75, 3.05) is 11.1 Å². The Hall–Kier alpha value is -0.810. The summed E-state index contributed by atoms with van der Waals surface area (Å²) in [5, 5.41) is 2.57. The van der Waals surface area contributed by atoms with Crippen LogP contribution in [0.25, 0.3) is 0 Å². The molecule has 5 heteroatoms. The van der Waals surface area contributed by atoms with Crippen LogP contribution >= 0.6 is 27.7 Å². The normalized spacial score (nSPS) is 13.9. The first-order chi connectivity index (χ1) is 7.63. The summed E-state index contributed by atoms with van der Waals surface area (Å²) in [7, 11) is 0. The van der Waals surface area contributed by atoms with E-state index in [1.54, 1.807) is 17.8 Å². The van der Waals surface area contributed by atoms with E-state index in [1.807, 2.05) is 6.07 Å². The van der Waals surface area contributed by atoms with E-state index in [0.29, 0.717) is 11.3 Å². The molecule has 84 valence electrons. The van der Waals surface area contributed by atoms with E-state index < -0.39 is 11.7 Å². The van der Waals surface area contributed by atoms with Crippen LogP contribution in [-0.4, -0.2) is 17.4 Å². The Balaban J connectivity index is 2.36. The first-order valence-corrected chi connectivity index (χ1v) is 6.73. The molecule has 1 N–H and O–H groups in total. The summed E-state index contributed by atoms with van der Waals surface area (Å²) in [4.78, 5) is 23.7. The monoisotopic (exact) mass is 299 g/mol. The lowest BCUT2D eigenvalue weighted by Crippen LogP contribution is -2.12. The fraction of sp³-hybridized carbons (Fsp3) is 0.273. The van der Waals surface area contributed by atoms with Gasteiger partial charge in [-0.2, -0.15) is 0 Å². The number of rotatable bonds is 3. The maximum atomic E-state index is 11.4. The van der Waals surface area contributed by atoms with Gasteiger partial charge < -0.3 is 5.32 Å². The number of hydrogen-bond donors (Lipinski definition) is 1. The van der Waals surface area contributed by atoms with Crippen LogP contribution < -0.4 is 5.32 Å². The van der Waals surface area contributed by atoms with Gasteiger partial charge in [-0.05, 0) is 40.2 Å². The number of fused-ring (bicyclic) bond motifs is 1. The minimum atomic E-state index is -0.542. The van der Waals surface area contributed by atoms with Crippen molar-refractivity contribution in [3.8, 4) is 0 Å². The Morgan fingerprint density at radius 3 is 2.81 bits per heavy atom. The fourth-order valence-electron chi connectivity index (χ4n) is 1.47. The van der Waals surface area contributed by atoms with Crippen LogP contribution in [0.5, 0.6) is 0 Å². The van der Waals surface area contributed by atoms with E-state index in [9.17, 15) is 9.59 Å². The number of carbonyl (C=O) groups is 2. The van der Waals surface area contributed by atoms with Gasteiger partial charge in [-0.1, -0.05) is 6.92 Å². The third-order valence-corrected chi connectivity index (χ3v) is 4.41. The number of hydrogen-bond acceptors (Lipinski definition) is 3. The lowest BCUT2D eigenvalue weighted by Gasteiger charge is -2.05. The topological polar surface area (TPSA) is 46.2 Å². The van der Waals surface area contributed by atoms with Gasteiger partial charge in [-0.25, -0.2) is 0 Å². The molecule has 0 atom stereocenters. The number of amides is 1. The average Bonchev–Trinajstić information content (AvgIpc) is 2.52. The Labute approximate surface area is 106 Å². The molecule has 0 aromatic heterocycles. The van der Waals surface area contributed by atoms with Crippen LogP contribution in [-0.2, 0) is 4.79 Å². The first-order valence-electron chi connectivity index (χ1n) is 4.95. The predicted molar refractivity (Wildman–Crippen MR) is 68.1 cm³/mol. The Kier molecular flexibility index (Phi) is 3.35. The Bertz CT molecular complexity index is 473. The number of thioether (sulfide) groups is 1. The van der Waals surface area contributed by atoms with Crippen LogP contribution in [0.15, 0.2) is 21.5 Å². The summed E-state index contributed by atoms with van der Waals surface area (Å²) in [5.74, 6) is 0.0153. The molecule has 0 spiro atoms. The standard InChI is InChI=1S/C11H10BrNO2S/c1-2-3-16-9-5-8-6(4-7(9)12)10(14)11(15)13-8/h4-5H,2-3H2,1H3,(H,13,14,15). The van der Waals surface area contributed by atoms with Crippen molar-refractivity contribution in [2.45, 2.75) is 18.2 Å². The number of carbonyl (C=O) groups excluding carboxylic acids is 2. The van der Waals surface area contributed by atoms with Crippen molar-refractivity contribution in [3.05, 3.63) is 22.2 Å². The number of Topliss-reactive ketones (excluding diaryl/α,β-unsaturated/α-hetero) is 1. The van der Waals surface area contributed by atoms with E-state index in [2.05, 4.69) is 28.2 Å². The van der Waals surface area contributed by atoms with Gasteiger partial charge in [0, 0.05) is 9.37 Å². The van der Waals surface area contributed by atoms with E-state index in [4.69, 9.17) is 0 Å². The number of nitrogens with one attached hydrogen (secondary N) is 1. The number of anilines is 1. The summed E-state index contributed by atoms with van der Waals surface area (Å²) < 4.78 is 0.870. The molecule has 0 unspecified atom stereocenters. The molecule has 1 aromatic carbocycles. The molecular formula is C11H10BrNO2S. The molecule has 0 saturated carbocycles. The average molecular weight is 300 g/mol. The zero-order chi connectivity index (χ0) is 11.7. The van der Waals surface area contributed by atoms with Crippen LogP contribution in [0.1, 0.15) is 23.7 Å². The molecule has 3 nitrogen and oxygen atoms in total. The van der Waals surface area contributed by atoms with Gasteiger partial charge in [0.25, 0.3) is 11.7 Å². The molecule has 0 aliphatic carbocycles. The van der Waals surface area contributed by atoms with Crippen molar-refractivity contribution < 1.29 is 9.59 Å². The molecule has 0 fully saturated rings. The third-order valence-electron chi connectivity index (χ3n) is 2.23. The second kappa shape index (κ2) is 4.59. The molecule has 0 radical (unpaired) electrons. The van der Waals surface area contributed by atoms with Crippen LogP contribution in [0, 0.1) is 0 Å². The molecule has 1 amide bonds. The molecule has 1 aliphatic heterocycles. The molecule has 1 aromatic rings. The van der Waals surface area contributed by atoms with E-state index in [1.165, 1.54) is 0 Å². The molecule has 0 bridgehead atoms. The van der Waals surface area contributed by atoms with Gasteiger partial charge >= 0.3 is 0 Å². The van der Waals surface area contributed by atoms with Gasteiger partial charge in [-0.3, -0.25) is 9.59 Å². The zero-order valence-corrected chi connectivity index (χ0v) is 11.1. The highest BCUT2D eigenvalue weighted by Gasteiger charge is 2.28. The zero-order valence-electron chi connectivity index (χ0n) is 8.67. The lowest BCUT2D eigenvalue weighted by atomic mass is 10.1. The van der Waals surface area contributed by atoms with Gasteiger partial charge in [-0.15, -0.1) is 11.8 Å². The Morgan fingerprint density at radius 1 is 1.38 bits per heavy atom. The molecule has 0 saturated heterocycles. The molecule has 16 heavy (non-hydrogen) atoms. The number of halogens is 1. The van der Waals surface area contributed by atoms with E-state index in [0.717, 1.165) is 21.5 Å². The highest BCUT2D eigenvalue weighted by molar-refractivity contribution is 9.10. The minimum Gasteiger partial charge on any atom is -0.318 e. The summed E-state index contributed by atoms with van der Waals surface area (Å²) in [5.41, 5.74) is 1.08. The van der Waals surface area contributed by atoms with Gasteiger partial charge in [0.1, 0.15) is 0 Å². The second-order valence-electron chi connectivity index (χ2n) is 3.46. The van der Waals surface area contributed by atoms with E-state index >= 15 is 0 Å². The maximum absolute atomic E-state index is 11.4. The van der Waals surface area contributed by atoms with Crippen molar-refractivity contribution in [1.29, 1.82) is 0 Å². The molecule has 2 rings (SSSR count). The maximum Gasteiger partial charge on any atom is 0.296 e. The highest BCUT2D eigenvalue weighted by Crippen LogP contribution is 2.35. The van der Waals surface area contributed by atoms with Crippen LogP contribution in [0.3, 0.4) is 0 Å². The lowest BCUT2D eigenvalue weighted by molar-refractivity contribution is -0.112. The van der Waals surface area contributed by atoms with Crippen LogP contribution in [0.4, 0.5) is 5.69 Å². The van der Waals surface area contributed by atoms with Gasteiger partial charge in [0.05, 0.1) is 11.3 Å².